The molecule has 4 atom stereocenters. The van der Waals surface area contributed by atoms with Crippen LogP contribution in [0.2, 0.25) is 0 Å². The summed E-state index contributed by atoms with van der Waals surface area (Å²) in [6.45, 7) is 0. The number of aliphatic hydroxyl groups excluding tert-OH is 1. The molecule has 17 heteroatoms. The largest absolute Gasteiger partial charge is 0.477 e. The molecule has 192 valence electrons. The van der Waals surface area contributed by atoms with E-state index < -0.39 is 56.4 Å². The summed E-state index contributed by atoms with van der Waals surface area (Å²) in [5.41, 5.74) is 0.248. The number of carbonyl (C=O) groups is 3. The number of carbonyl (C=O) groups excluding carboxylic acids is 2. The van der Waals surface area contributed by atoms with Crippen molar-refractivity contribution < 1.29 is 37.6 Å². The maximum atomic E-state index is 12.9. The van der Waals surface area contributed by atoms with Crippen LogP contribution in [0.25, 0.3) is 0 Å². The van der Waals surface area contributed by atoms with E-state index in [1.807, 2.05) is 0 Å². The number of aliphatic hydroxyl groups is 1. The van der Waals surface area contributed by atoms with Crippen LogP contribution in [-0.2, 0) is 24.5 Å². The van der Waals surface area contributed by atoms with Gasteiger partial charge in [-0.2, -0.15) is 8.42 Å². The summed E-state index contributed by atoms with van der Waals surface area (Å²) in [6, 6.07) is 7.07. The second-order valence-electron chi connectivity index (χ2n) is 7.78. The monoisotopic (exact) mass is 556 g/mol. The molecule has 1 aromatic carbocycles. The van der Waals surface area contributed by atoms with Gasteiger partial charge in [-0.3, -0.25) is 19.0 Å². The van der Waals surface area contributed by atoms with Gasteiger partial charge >= 0.3 is 5.97 Å². The molecule has 2 amide bonds. The Morgan fingerprint density at radius 3 is 2.64 bits per heavy atom. The number of hydrogen-bond donors (Lipinski definition) is 5. The zero-order valence-corrected chi connectivity index (χ0v) is 20.7. The lowest BCUT2D eigenvalue weighted by atomic mass is 10.00. The number of thioether (sulfide) groups is 2. The molecular weight excluding hydrogens is 536 g/mol. The lowest BCUT2D eigenvalue weighted by Crippen LogP contribution is -2.71. The Hall–Kier alpha value is -2.99. The molecule has 0 spiro atoms. The van der Waals surface area contributed by atoms with Crippen molar-refractivity contribution in [2.24, 2.45) is 0 Å². The van der Waals surface area contributed by atoms with Gasteiger partial charge in [-0.05, 0) is 28.0 Å². The third-order valence-electron chi connectivity index (χ3n) is 5.47. The van der Waals surface area contributed by atoms with Crippen molar-refractivity contribution in [3.63, 3.8) is 0 Å². The van der Waals surface area contributed by atoms with E-state index >= 15 is 0 Å². The zero-order valence-electron chi connectivity index (χ0n) is 18.2. The van der Waals surface area contributed by atoms with Crippen LogP contribution < -0.4 is 5.32 Å². The van der Waals surface area contributed by atoms with Gasteiger partial charge in [-0.15, -0.1) is 16.9 Å². The van der Waals surface area contributed by atoms with Crippen molar-refractivity contribution in [1.29, 1.82) is 0 Å². The van der Waals surface area contributed by atoms with Crippen LogP contribution >= 0.6 is 23.5 Å². The third kappa shape index (κ3) is 5.54. The molecule has 14 nitrogen and oxygen atoms in total. The summed E-state index contributed by atoms with van der Waals surface area (Å²) in [7, 11) is -4.35. The van der Waals surface area contributed by atoms with Crippen LogP contribution in [0.1, 0.15) is 18.1 Å². The number of carboxylic acid groups (broad SMARTS) is 1. The highest BCUT2D eigenvalue weighted by Gasteiger charge is 2.55. The quantitative estimate of drug-likeness (QED) is 0.141. The van der Waals surface area contributed by atoms with Crippen LogP contribution in [0.15, 0.2) is 46.8 Å². The Bertz CT molecular complexity index is 1290. The van der Waals surface area contributed by atoms with Crippen LogP contribution in [0.3, 0.4) is 0 Å². The number of tetrazole rings is 1. The number of nitrogens with one attached hydrogen (secondary N) is 2. The van der Waals surface area contributed by atoms with Crippen molar-refractivity contribution in [2.45, 2.75) is 34.3 Å². The molecule has 1 aromatic heterocycles. The second-order valence-corrected chi connectivity index (χ2v) is 11.6. The summed E-state index contributed by atoms with van der Waals surface area (Å²) < 4.78 is 31.9. The Morgan fingerprint density at radius 1 is 1.31 bits per heavy atom. The fraction of sp³-hybridized carbons (Fsp3) is 0.368. The summed E-state index contributed by atoms with van der Waals surface area (Å²) in [6.07, 6.45) is -1.68. The standard InChI is InChI=1S/C19H20N6O8S3/c26-14(9-4-2-1-3-5-9)15(27)20-12-16(28)25-13(18(29)30)10(8-34-17(12)25)11(6-7-36(31,32)33)35-19-21-23-24-22-19/h1-5,11-12,14,17,26H,6-8H2,(H,20,27)(H,29,30)(H,31,32,33)(H,21,22,23,24)/t11?,12?,14?,17-/m0/s1. The highest BCUT2D eigenvalue weighted by Crippen LogP contribution is 2.44. The normalized spacial score (nSPS) is 21.4. The number of carboxylic acids is 1. The predicted molar refractivity (Wildman–Crippen MR) is 126 cm³/mol. The van der Waals surface area contributed by atoms with Crippen molar-refractivity contribution in [1.82, 2.24) is 30.8 Å². The smallest absolute Gasteiger partial charge is 0.352 e. The lowest BCUT2D eigenvalue weighted by molar-refractivity contribution is -0.151. The van der Waals surface area contributed by atoms with Gasteiger partial charge in [0.2, 0.25) is 5.16 Å². The van der Waals surface area contributed by atoms with Crippen molar-refractivity contribution >= 4 is 51.4 Å². The van der Waals surface area contributed by atoms with Gasteiger partial charge in [0.05, 0.1) is 5.75 Å². The number of benzene rings is 1. The number of hydrogen-bond acceptors (Lipinski definition) is 11. The van der Waals surface area contributed by atoms with E-state index in [-0.39, 0.29) is 28.6 Å². The highest BCUT2D eigenvalue weighted by molar-refractivity contribution is 8.01. The average Bonchev–Trinajstić information content (AvgIpc) is 3.36. The molecule has 0 radical (unpaired) electrons. The van der Waals surface area contributed by atoms with E-state index in [2.05, 4.69) is 25.9 Å². The minimum absolute atomic E-state index is 0.0917. The van der Waals surface area contributed by atoms with Gasteiger partial charge in [-0.25, -0.2) is 9.89 Å². The number of rotatable bonds is 10. The molecule has 2 aliphatic rings. The number of nitrogens with zero attached hydrogens (tertiary/aromatic N) is 4. The molecule has 2 aliphatic heterocycles. The molecule has 1 fully saturated rings. The Morgan fingerprint density at radius 2 is 2.03 bits per heavy atom. The van der Waals surface area contributed by atoms with E-state index in [0.29, 0.717) is 5.56 Å². The molecule has 5 N–H and O–H groups in total. The van der Waals surface area contributed by atoms with Gasteiger partial charge in [0, 0.05) is 11.0 Å². The number of fused-ring (bicyclic) bond motifs is 1. The molecular formula is C19H20N6O8S3. The molecule has 36 heavy (non-hydrogen) atoms. The summed E-state index contributed by atoms with van der Waals surface area (Å²) >= 11 is 2.14. The number of amides is 2. The molecule has 1 saturated heterocycles. The van der Waals surface area contributed by atoms with E-state index in [1.165, 1.54) is 11.8 Å². The van der Waals surface area contributed by atoms with Crippen molar-refractivity contribution in [3.8, 4) is 0 Å². The van der Waals surface area contributed by atoms with Gasteiger partial charge in [0.25, 0.3) is 21.9 Å². The van der Waals surface area contributed by atoms with Gasteiger partial charge in [0.1, 0.15) is 17.1 Å². The molecule has 3 unspecified atom stereocenters. The van der Waals surface area contributed by atoms with Crippen molar-refractivity contribution in [3.05, 3.63) is 47.2 Å². The topological polar surface area (TPSA) is 216 Å². The molecule has 0 bridgehead atoms. The number of H-pyrrole nitrogens is 1. The third-order valence-corrected chi connectivity index (χ3v) is 8.72. The van der Waals surface area contributed by atoms with E-state index in [4.69, 9.17) is 0 Å². The van der Waals surface area contributed by atoms with Crippen LogP contribution in [0.4, 0.5) is 0 Å². The average molecular weight is 557 g/mol. The first-order valence-corrected chi connectivity index (χ1v) is 13.9. The molecule has 0 saturated carbocycles. The number of aromatic nitrogens is 4. The number of β-lactam (4-membered cyclic amide) rings is 1. The fourth-order valence-corrected chi connectivity index (χ4v) is 7.04. The van der Waals surface area contributed by atoms with Crippen molar-refractivity contribution in [2.75, 3.05) is 11.5 Å². The molecule has 3 heterocycles. The first-order valence-electron chi connectivity index (χ1n) is 10.4. The Balaban J connectivity index is 1.56. The molecule has 0 aliphatic carbocycles. The van der Waals surface area contributed by atoms with Gasteiger partial charge in [-0.1, -0.05) is 42.1 Å². The molecule has 2 aromatic rings. The lowest BCUT2D eigenvalue weighted by Gasteiger charge is -2.50. The Kier molecular flexibility index (Phi) is 7.65. The zero-order chi connectivity index (χ0) is 26.0. The van der Waals surface area contributed by atoms with E-state index in [9.17, 15) is 37.6 Å². The first-order chi connectivity index (χ1) is 17.1. The predicted octanol–water partition coefficient (Wildman–Crippen LogP) is -0.589. The van der Waals surface area contributed by atoms with Gasteiger partial charge < -0.3 is 15.5 Å². The summed E-state index contributed by atoms with van der Waals surface area (Å²) in [5, 5.41) is 34.5. The van der Waals surface area contributed by atoms with E-state index in [1.54, 1.807) is 30.3 Å². The van der Waals surface area contributed by atoms with Gasteiger partial charge in [0.15, 0.2) is 6.10 Å². The summed E-state index contributed by atoms with van der Waals surface area (Å²) in [5.74, 6) is -3.46. The fourth-order valence-electron chi connectivity index (χ4n) is 3.80. The minimum atomic E-state index is -4.35. The SMILES string of the molecule is O=C(O)C1=C(C(CCS(=O)(=O)O)Sc2nnn[nH]2)CS[C@H]2C(NC(=O)C(O)c3ccccc3)C(=O)N12. The second kappa shape index (κ2) is 10.6. The van der Waals surface area contributed by atoms with E-state index in [0.717, 1.165) is 16.7 Å². The van der Waals surface area contributed by atoms with Crippen LogP contribution in [-0.4, -0.2) is 94.7 Å². The first kappa shape index (κ1) is 26.1. The maximum Gasteiger partial charge on any atom is 0.352 e. The van der Waals surface area contributed by atoms with Crippen LogP contribution in [0, 0.1) is 0 Å². The van der Waals surface area contributed by atoms with Crippen LogP contribution in [0.5, 0.6) is 0 Å². The Labute approximate surface area is 212 Å². The maximum absolute atomic E-state index is 12.9. The molecule has 4 rings (SSSR count). The number of aliphatic carboxylic acids is 1. The summed E-state index contributed by atoms with van der Waals surface area (Å²) in [4.78, 5) is 38.7. The minimum Gasteiger partial charge on any atom is -0.477 e. The highest BCUT2D eigenvalue weighted by atomic mass is 32.2. The number of aromatic amines is 1.